The molecule has 0 bridgehead atoms. The van der Waals surface area contributed by atoms with E-state index in [0.29, 0.717) is 56.4 Å². The average molecular weight is 2370 g/mol. The number of para-hydroxylation sites is 5. The van der Waals surface area contributed by atoms with Crippen LogP contribution in [0, 0.1) is 168 Å². The first kappa shape index (κ1) is 126. The molecule has 0 aliphatic heterocycles. The molecule has 6 N–H and O–H groups in total. The minimum absolute atomic E-state index is 0.0193. The summed E-state index contributed by atoms with van der Waals surface area (Å²) in [5.74, 6) is -45.6. The van der Waals surface area contributed by atoms with Crippen LogP contribution in [0.2, 0.25) is 19.6 Å². The van der Waals surface area contributed by atoms with Crippen LogP contribution < -0.4 is 5.19 Å². The second-order valence-electron chi connectivity index (χ2n) is 29.8. The molecule has 764 valence electrons. The first-order valence-corrected chi connectivity index (χ1v) is 60.9. The Morgan fingerprint density at radius 3 is 0.692 bits per heavy atom. The van der Waals surface area contributed by atoms with Crippen molar-refractivity contribution in [1.29, 1.82) is 0 Å². The molecule has 0 aromatic heterocycles. The fourth-order valence-electron chi connectivity index (χ4n) is 11.8. The fraction of sp³-hybridized carbons (Fsp3) is 0.0816. The number of phenols is 6. The Morgan fingerprint density at radius 2 is 0.432 bits per heavy atom. The third kappa shape index (κ3) is 35.4. The predicted octanol–water partition coefficient (Wildman–Crippen LogP) is 33.0. The molecule has 48 heteroatoms. The van der Waals surface area contributed by atoms with Gasteiger partial charge in [-0.05, 0) is 144 Å². The Labute approximate surface area is 886 Å². The first-order valence-electron chi connectivity index (χ1n) is 40.2. The summed E-state index contributed by atoms with van der Waals surface area (Å²) in [7, 11) is 37.1. The maximum absolute atomic E-state index is 13.9. The van der Waals surface area contributed by atoms with Crippen molar-refractivity contribution in [2.45, 2.75) is 54.3 Å². The molecule has 14 aromatic rings. The van der Waals surface area contributed by atoms with E-state index < -0.39 is 238 Å². The van der Waals surface area contributed by atoms with E-state index in [0.717, 1.165) is 64.6 Å². The minimum atomic E-state index is -2.26. The van der Waals surface area contributed by atoms with Gasteiger partial charge in [-0.3, -0.25) is 4.99 Å². The summed E-state index contributed by atoms with van der Waals surface area (Å²) >= 11 is -2.22. The number of benzene rings is 14. The molecule has 0 aliphatic rings. The molecule has 0 heterocycles. The number of hydrogen-bond donors (Lipinski definition) is 6. The summed E-state index contributed by atoms with van der Waals surface area (Å²) in [6.07, 6.45) is 6.21. The molecule has 146 heavy (non-hydrogen) atoms. The van der Waals surface area contributed by atoms with E-state index in [9.17, 15) is 132 Å². The zero-order valence-corrected chi connectivity index (χ0v) is 88.9. The van der Waals surface area contributed by atoms with Crippen molar-refractivity contribution in [2.24, 2.45) is 30.0 Å². The topological polar surface area (TPSA) is 196 Å². The summed E-state index contributed by atoms with van der Waals surface area (Å²) in [5.41, 5.74) is 2.34. The van der Waals surface area contributed by atoms with Gasteiger partial charge in [-0.25, -0.2) is 126 Å². The van der Waals surface area contributed by atoms with Gasteiger partial charge < -0.3 is 30.6 Å². The zero-order valence-electron chi connectivity index (χ0n) is 75.6. The Balaban J connectivity index is 0.000000304. The van der Waals surface area contributed by atoms with E-state index >= 15 is 0 Å². The molecule has 12 nitrogen and oxygen atoms in total. The second kappa shape index (κ2) is 61.6. The predicted molar refractivity (Wildman–Crippen MR) is 514 cm³/mol. The molecule has 0 radical (unpaired) electrons. The number of halogens is 31. The Kier molecular flexibility index (Phi) is 53.2. The van der Waals surface area contributed by atoms with Gasteiger partial charge in [-0.15, -0.1) is 0 Å². The van der Waals surface area contributed by atoms with Crippen LogP contribution in [0.25, 0.3) is 22.3 Å². The third-order valence-corrected chi connectivity index (χ3v) is 21.1. The van der Waals surface area contributed by atoms with Gasteiger partial charge in [0, 0.05) is 82.8 Å². The molecule has 0 spiro atoms. The number of hydrogen-bond acceptors (Lipinski definition) is 12. The summed E-state index contributed by atoms with van der Waals surface area (Å²) in [6, 6.07) is 55.1. The fourth-order valence-corrected chi connectivity index (χ4v) is 13.2. The molecule has 0 unspecified atom stereocenters. The summed E-state index contributed by atoms with van der Waals surface area (Å²) in [6.45, 7) is 14.3. The second-order valence-corrected chi connectivity index (χ2v) is 45.1. The third-order valence-electron chi connectivity index (χ3n) is 19.1. The summed E-state index contributed by atoms with van der Waals surface area (Å²) < 4.78 is 306. The normalized spacial score (nSPS) is 10.8. The van der Waals surface area contributed by atoms with Gasteiger partial charge >= 0.3 is 143 Å². The van der Waals surface area contributed by atoms with E-state index in [-0.39, 0.29) is 51.0 Å². The SMILES string of the molecule is C[Si](C)(C)c1cc(-c2ccccc2)cc(C=Nc2c(F)c(F)c(F)c(F)c2F)c1O.Cc1cc(-c2ccccc2)cc(C=Nc2c(F)c(F)c(F)c(F)c2F)c1O.Cc1cccc(C=Nc2c(F)c(F)c(F)c(F)c2F)c1O.Cc1cccc(C=Nc2c(F)c(F)c(F)c(F)c2F)c1O.Cc1cccc(C=Nc2c(F)cc(F)cc2F)c1O.Cc1cccc(C=Nc2ccccc2)c1O.[Cl][Ti][Cl].[Cl][Ti][Cl].[Cl][Ti][Cl].[Cl][Ti][Cl]. The van der Waals surface area contributed by atoms with Crippen LogP contribution >= 0.6 is 74.4 Å². The molecule has 0 atom stereocenters. The Hall–Kier alpha value is -10.3. The standard InChI is InChI=1S/C22H18F5NOSi.C20H12F5NO.2C14H8F5NO.C14H10F3NO.C14H13NO.8ClH.4Ti/c1-30(2,3)15-10-13(12-7-5-4-6-8-12)9-14(22(15)29)11-28-21-19(26)17(24)16(23)18(25)20(21)27;1-10-7-12(11-5-3-2-4-6-11)8-13(20(10)27)9-26-19-17(24)15(22)14(21)16(23)18(19)25;2*1-6-3-2-4-7(14(6)21)5-20-13-11(18)9(16)8(15)10(17)12(13)19;1-8-3-2-4-9(14(8)19)7-18-13-11(16)5-10(15)6-12(13)17;1-11-6-5-7-12(14(11)16)10-15-13-8-3-2-4-9-13;;;;;;;;;;;;/h4-11,29H,1-3H3;2-9,27H,1H3;2*2-5,21H,1H3;2-7,19H,1H3;2-10,16H,1H3;8*1H;;;;/q;;;;;;;;;;;;;;4*+2/p-8. The number of nitrogens with zero attached hydrogens (tertiary/aromatic N) is 6. The average Bonchev–Trinajstić information content (AvgIpc) is 0.779. The monoisotopic (exact) mass is 2360 g/mol. The van der Waals surface area contributed by atoms with Crippen molar-refractivity contribution in [3.8, 4) is 56.8 Å². The van der Waals surface area contributed by atoms with Gasteiger partial charge in [0.1, 0.15) is 68.8 Å². The van der Waals surface area contributed by atoms with Crippen LogP contribution in [-0.4, -0.2) is 76.0 Å². The molecule has 0 amide bonds. The molecule has 0 fully saturated rings. The Bertz CT molecular complexity index is 6800. The summed E-state index contributed by atoms with van der Waals surface area (Å²) in [5, 5.41) is 60.4. The molecule has 14 rings (SSSR count). The van der Waals surface area contributed by atoms with Crippen molar-refractivity contribution >= 4 is 159 Å². The van der Waals surface area contributed by atoms with Crippen molar-refractivity contribution < 1.29 is 200 Å². The maximum atomic E-state index is 13.9. The van der Waals surface area contributed by atoms with Crippen LogP contribution in [0.15, 0.2) is 230 Å². The van der Waals surface area contributed by atoms with Crippen molar-refractivity contribution in [2.75, 3.05) is 0 Å². The number of rotatable bonds is 15. The number of aromatic hydroxyl groups is 6. The van der Waals surface area contributed by atoms with E-state index in [1.165, 1.54) is 30.3 Å². The number of aryl methyl sites for hydroxylation is 5. The quantitative estimate of drug-likeness (QED) is 0.0194. The van der Waals surface area contributed by atoms with Crippen LogP contribution in [0.5, 0.6) is 34.5 Å². The number of aliphatic imine (C=N–C) groups is 6. The number of phenolic OH excluding ortho intramolecular Hbond substituents is 6. The molecule has 0 saturated heterocycles. The van der Waals surface area contributed by atoms with Gasteiger partial charge in [-0.2, -0.15) is 0 Å². The van der Waals surface area contributed by atoms with Crippen LogP contribution in [0.3, 0.4) is 0 Å². The zero-order chi connectivity index (χ0) is 110. The van der Waals surface area contributed by atoms with Crippen molar-refractivity contribution in [3.05, 3.63) is 395 Å². The molecular weight excluding hydrogens is 2300 g/mol. The first-order chi connectivity index (χ1) is 68.9. The molecular formula is C98H69Cl8F23N6O6SiTi4. The van der Waals surface area contributed by atoms with Gasteiger partial charge in [0.25, 0.3) is 0 Å². The Morgan fingerprint density at radius 1 is 0.219 bits per heavy atom. The van der Waals surface area contributed by atoms with Crippen LogP contribution in [0.4, 0.5) is 135 Å². The van der Waals surface area contributed by atoms with E-state index in [1.54, 1.807) is 88.5 Å². The van der Waals surface area contributed by atoms with E-state index in [2.05, 4.69) is 30.0 Å². The van der Waals surface area contributed by atoms with Gasteiger partial charge in [0.15, 0.2) is 105 Å². The van der Waals surface area contributed by atoms with Gasteiger partial charge in [-0.1, -0.05) is 153 Å². The van der Waals surface area contributed by atoms with E-state index in [1.807, 2.05) is 130 Å². The van der Waals surface area contributed by atoms with Crippen molar-refractivity contribution in [1.82, 2.24) is 0 Å². The van der Waals surface area contributed by atoms with Crippen LogP contribution in [-0.2, 0) is 68.1 Å². The van der Waals surface area contributed by atoms with Gasteiger partial charge in [0.05, 0.1) is 13.8 Å². The molecule has 14 aromatic carbocycles. The summed E-state index contributed by atoms with van der Waals surface area (Å²) in [4.78, 5) is 21.3. The molecule has 0 saturated carbocycles. The van der Waals surface area contributed by atoms with E-state index in [4.69, 9.17) is 74.4 Å². The van der Waals surface area contributed by atoms with Crippen LogP contribution in [0.1, 0.15) is 61.2 Å². The molecule has 0 aliphatic carbocycles. The van der Waals surface area contributed by atoms with Crippen molar-refractivity contribution in [3.63, 3.8) is 0 Å². The van der Waals surface area contributed by atoms with Gasteiger partial charge in [0.2, 0.25) is 23.3 Å².